The van der Waals surface area contributed by atoms with Gasteiger partial charge in [0, 0.05) is 0 Å². The Bertz CT molecular complexity index is 471. The lowest BCUT2D eigenvalue weighted by atomic mass is 10.1. The highest BCUT2D eigenvalue weighted by atomic mass is 35.5. The number of rotatable bonds is 3. The Morgan fingerprint density at radius 3 is 2.94 bits per heavy atom. The van der Waals surface area contributed by atoms with Gasteiger partial charge in [0.2, 0.25) is 5.89 Å². The quantitative estimate of drug-likeness (QED) is 0.777. The summed E-state index contributed by atoms with van der Waals surface area (Å²) in [4.78, 5) is 4.15. The maximum Gasteiger partial charge on any atom is 0.230 e. The normalized spacial score (nSPS) is 25.8. The van der Waals surface area contributed by atoms with Crippen molar-refractivity contribution in [3.8, 4) is 0 Å². The molecule has 16 heavy (non-hydrogen) atoms. The molecule has 1 aliphatic rings. The van der Waals surface area contributed by atoms with E-state index in [0.29, 0.717) is 24.6 Å². The summed E-state index contributed by atoms with van der Waals surface area (Å²) in [6.45, 7) is 1.92. The minimum absolute atomic E-state index is 0.105. The van der Waals surface area contributed by atoms with Crippen LogP contribution in [0.25, 0.3) is 0 Å². The van der Waals surface area contributed by atoms with Gasteiger partial charge >= 0.3 is 0 Å². The molecule has 2 unspecified atom stereocenters. The highest BCUT2D eigenvalue weighted by Gasteiger charge is 2.33. The Hall–Kier alpha value is -0.620. The molecule has 0 N–H and O–H groups in total. The van der Waals surface area contributed by atoms with Crippen LogP contribution < -0.4 is 0 Å². The predicted molar refractivity (Wildman–Crippen MR) is 59.2 cm³/mol. The lowest BCUT2D eigenvalue weighted by Crippen LogP contribution is -2.04. The van der Waals surface area contributed by atoms with Crippen LogP contribution >= 0.6 is 11.6 Å². The molecular formula is C9H13ClN2O3S. The lowest BCUT2D eigenvalue weighted by Gasteiger charge is -1.99. The number of sulfone groups is 1. The Labute approximate surface area is 99.1 Å². The van der Waals surface area contributed by atoms with Crippen LogP contribution in [-0.2, 0) is 9.84 Å². The lowest BCUT2D eigenvalue weighted by molar-refractivity contribution is 0.356. The molecule has 1 aromatic rings. The molecule has 0 aromatic carbocycles. The first-order valence-corrected chi connectivity index (χ1v) is 7.45. The van der Waals surface area contributed by atoms with Gasteiger partial charge in [-0.15, -0.1) is 11.6 Å². The van der Waals surface area contributed by atoms with Gasteiger partial charge < -0.3 is 4.52 Å². The van der Waals surface area contributed by atoms with Crippen molar-refractivity contribution in [1.82, 2.24) is 10.1 Å². The molecule has 2 heterocycles. The fourth-order valence-electron chi connectivity index (χ4n) is 1.71. The first-order valence-electron chi connectivity index (χ1n) is 5.20. The second-order valence-electron chi connectivity index (χ2n) is 3.97. The van der Waals surface area contributed by atoms with E-state index in [9.17, 15) is 8.42 Å². The average molecular weight is 265 g/mol. The van der Waals surface area contributed by atoms with Crippen LogP contribution in [0, 0.1) is 0 Å². The van der Waals surface area contributed by atoms with Gasteiger partial charge in [0.05, 0.1) is 22.8 Å². The molecule has 1 saturated heterocycles. The van der Waals surface area contributed by atoms with Crippen LogP contribution in [0.15, 0.2) is 4.52 Å². The van der Waals surface area contributed by atoms with Gasteiger partial charge in [-0.2, -0.15) is 4.98 Å². The molecule has 0 radical (unpaired) electrons. The summed E-state index contributed by atoms with van der Waals surface area (Å²) in [6, 6.07) is 0. The van der Waals surface area contributed by atoms with Crippen molar-refractivity contribution in [2.45, 2.75) is 31.1 Å². The summed E-state index contributed by atoms with van der Waals surface area (Å²) in [5.41, 5.74) is 0. The molecular weight excluding hydrogens is 252 g/mol. The number of halogens is 1. The summed E-state index contributed by atoms with van der Waals surface area (Å²) < 4.78 is 27.6. The Balaban J connectivity index is 2.14. The zero-order valence-electron chi connectivity index (χ0n) is 8.89. The number of nitrogens with zero attached hydrogens (tertiary/aromatic N) is 2. The number of hydrogen-bond acceptors (Lipinski definition) is 5. The Morgan fingerprint density at radius 1 is 1.62 bits per heavy atom. The van der Waals surface area contributed by atoms with Crippen LogP contribution in [0.4, 0.5) is 0 Å². The molecule has 0 aliphatic carbocycles. The van der Waals surface area contributed by atoms with Crippen molar-refractivity contribution < 1.29 is 12.9 Å². The molecule has 0 saturated carbocycles. The van der Waals surface area contributed by atoms with Crippen molar-refractivity contribution in [3.63, 3.8) is 0 Å². The van der Waals surface area contributed by atoms with Crippen molar-refractivity contribution in [1.29, 1.82) is 0 Å². The van der Waals surface area contributed by atoms with E-state index in [-0.39, 0.29) is 22.8 Å². The van der Waals surface area contributed by atoms with Crippen LogP contribution in [-0.4, -0.2) is 30.1 Å². The second kappa shape index (κ2) is 4.33. The maximum absolute atomic E-state index is 11.3. The predicted octanol–water partition coefficient (Wildman–Crippen LogP) is 1.66. The van der Waals surface area contributed by atoms with E-state index in [1.165, 1.54) is 0 Å². The van der Waals surface area contributed by atoms with Crippen LogP contribution in [0.3, 0.4) is 0 Å². The first kappa shape index (κ1) is 11.9. The van der Waals surface area contributed by atoms with Crippen LogP contribution in [0.5, 0.6) is 0 Å². The van der Waals surface area contributed by atoms with Crippen molar-refractivity contribution in [2.75, 3.05) is 11.5 Å². The van der Waals surface area contributed by atoms with Crippen molar-refractivity contribution in [2.24, 2.45) is 0 Å². The number of aromatic nitrogens is 2. The molecule has 2 atom stereocenters. The van der Waals surface area contributed by atoms with Crippen molar-refractivity contribution >= 4 is 21.4 Å². The van der Waals surface area contributed by atoms with Gasteiger partial charge in [0.15, 0.2) is 15.7 Å². The molecule has 90 valence electrons. The van der Waals surface area contributed by atoms with Gasteiger partial charge in [0.1, 0.15) is 0 Å². The zero-order chi connectivity index (χ0) is 11.8. The number of alkyl halides is 1. The fourth-order valence-corrected chi connectivity index (χ4v) is 3.53. The number of hydrogen-bond donors (Lipinski definition) is 0. The van der Waals surface area contributed by atoms with E-state index in [2.05, 4.69) is 10.1 Å². The molecule has 1 aliphatic heterocycles. The highest BCUT2D eigenvalue weighted by molar-refractivity contribution is 7.91. The van der Waals surface area contributed by atoms with Crippen LogP contribution in [0.2, 0.25) is 0 Å². The maximum atomic E-state index is 11.3. The summed E-state index contributed by atoms with van der Waals surface area (Å²) in [5, 5.41) is 3.50. The SMILES string of the molecule is CCC(Cl)c1noc(C2CCS(=O)(=O)C2)n1. The minimum atomic E-state index is -2.92. The summed E-state index contributed by atoms with van der Waals surface area (Å²) in [7, 11) is -2.92. The summed E-state index contributed by atoms with van der Waals surface area (Å²) in [6.07, 6.45) is 1.27. The van der Waals surface area contributed by atoms with Gasteiger partial charge in [-0.3, -0.25) is 0 Å². The third-order valence-corrected chi connectivity index (χ3v) is 4.95. The van der Waals surface area contributed by atoms with E-state index in [0.717, 1.165) is 0 Å². The summed E-state index contributed by atoms with van der Waals surface area (Å²) >= 11 is 5.96. The van der Waals surface area contributed by atoms with Gasteiger partial charge in [-0.05, 0) is 12.8 Å². The largest absolute Gasteiger partial charge is 0.339 e. The first-order chi connectivity index (χ1) is 7.52. The third kappa shape index (κ3) is 2.38. The molecule has 0 spiro atoms. The molecule has 2 rings (SSSR count). The summed E-state index contributed by atoms with van der Waals surface area (Å²) in [5.74, 6) is 0.992. The molecule has 7 heteroatoms. The van der Waals surface area contributed by atoms with E-state index >= 15 is 0 Å². The third-order valence-electron chi connectivity index (χ3n) is 2.68. The van der Waals surface area contributed by atoms with Crippen LogP contribution in [0.1, 0.15) is 42.8 Å². The average Bonchev–Trinajstić information content (AvgIpc) is 2.83. The molecule has 0 bridgehead atoms. The van der Waals surface area contributed by atoms with Gasteiger partial charge in [-0.25, -0.2) is 8.42 Å². The Kier molecular flexibility index (Phi) is 3.21. The van der Waals surface area contributed by atoms with E-state index in [1.54, 1.807) is 0 Å². The topological polar surface area (TPSA) is 73.1 Å². The second-order valence-corrected chi connectivity index (χ2v) is 6.72. The van der Waals surface area contributed by atoms with Crippen molar-refractivity contribution in [3.05, 3.63) is 11.7 Å². The Morgan fingerprint density at radius 2 is 2.38 bits per heavy atom. The van der Waals surface area contributed by atoms with E-state index < -0.39 is 9.84 Å². The smallest absolute Gasteiger partial charge is 0.230 e. The van der Waals surface area contributed by atoms with E-state index in [4.69, 9.17) is 16.1 Å². The molecule has 1 aromatic heterocycles. The van der Waals surface area contributed by atoms with Gasteiger partial charge in [-0.1, -0.05) is 12.1 Å². The van der Waals surface area contributed by atoms with Gasteiger partial charge in [0.25, 0.3) is 0 Å². The van der Waals surface area contributed by atoms with E-state index in [1.807, 2.05) is 6.92 Å². The molecule has 5 nitrogen and oxygen atoms in total. The monoisotopic (exact) mass is 264 g/mol. The molecule has 1 fully saturated rings. The molecule has 0 amide bonds. The zero-order valence-corrected chi connectivity index (χ0v) is 10.5. The fraction of sp³-hybridized carbons (Fsp3) is 0.778. The standard InChI is InChI=1S/C9H13ClN2O3S/c1-2-7(10)8-11-9(15-12-8)6-3-4-16(13,14)5-6/h6-7H,2-5H2,1H3. The highest BCUT2D eigenvalue weighted by Crippen LogP contribution is 2.29. The minimum Gasteiger partial charge on any atom is -0.339 e.